The Bertz CT molecular complexity index is 688. The van der Waals surface area contributed by atoms with Gasteiger partial charge in [0.15, 0.2) is 0 Å². The number of amides is 1. The van der Waals surface area contributed by atoms with Crippen LogP contribution < -0.4 is 4.31 Å². The Morgan fingerprint density at radius 2 is 1.83 bits per heavy atom. The fraction of sp³-hybridized carbons (Fsp3) is 0.562. The Hall–Kier alpha value is -1.67. The van der Waals surface area contributed by atoms with Gasteiger partial charge in [-0.3, -0.25) is 9.10 Å². The molecule has 134 valence electrons. The van der Waals surface area contributed by atoms with Gasteiger partial charge in [0.05, 0.1) is 11.9 Å². The van der Waals surface area contributed by atoms with Crippen LogP contribution in [0.3, 0.4) is 0 Å². The number of benzene rings is 1. The number of rotatable bonds is 5. The number of halogens is 1. The maximum absolute atomic E-state index is 14.2. The number of likely N-dealkylation sites (N-methyl/N-ethyl adjacent to an activating group) is 1. The molecular formula is C16H24FN3O3S. The first-order valence-corrected chi connectivity index (χ1v) is 9.81. The number of hydrogen-bond donors (Lipinski definition) is 0. The number of carbonyl (C=O) groups is 1. The molecule has 6 nitrogen and oxygen atoms in total. The van der Waals surface area contributed by atoms with Crippen molar-refractivity contribution >= 4 is 21.6 Å². The molecule has 1 aliphatic rings. The molecule has 1 aliphatic heterocycles. The van der Waals surface area contributed by atoms with Crippen LogP contribution in [0.5, 0.6) is 0 Å². The molecular weight excluding hydrogens is 333 g/mol. The van der Waals surface area contributed by atoms with Crippen molar-refractivity contribution in [3.63, 3.8) is 0 Å². The summed E-state index contributed by atoms with van der Waals surface area (Å²) in [5.41, 5.74) is -0.0886. The maximum atomic E-state index is 14.2. The van der Waals surface area contributed by atoms with E-state index >= 15 is 0 Å². The Morgan fingerprint density at radius 3 is 2.33 bits per heavy atom. The second-order valence-electron chi connectivity index (χ2n) is 6.06. The first kappa shape index (κ1) is 18.7. The van der Waals surface area contributed by atoms with Gasteiger partial charge in [-0.15, -0.1) is 0 Å². The minimum Gasteiger partial charge on any atom is -0.338 e. The van der Waals surface area contributed by atoms with Gasteiger partial charge in [0.25, 0.3) is 0 Å². The van der Waals surface area contributed by atoms with E-state index in [1.54, 1.807) is 17.9 Å². The largest absolute Gasteiger partial charge is 0.338 e. The van der Waals surface area contributed by atoms with E-state index in [0.29, 0.717) is 13.1 Å². The maximum Gasteiger partial charge on any atom is 0.246 e. The zero-order valence-electron chi connectivity index (χ0n) is 14.3. The summed E-state index contributed by atoms with van der Waals surface area (Å²) in [5.74, 6) is -0.938. The predicted molar refractivity (Wildman–Crippen MR) is 91.9 cm³/mol. The third-order valence-electron chi connectivity index (χ3n) is 4.22. The number of sulfonamides is 1. The van der Waals surface area contributed by atoms with E-state index in [2.05, 4.69) is 4.90 Å². The molecule has 0 radical (unpaired) electrons. The lowest BCUT2D eigenvalue weighted by atomic mass is 10.1. The smallest absolute Gasteiger partial charge is 0.246 e. The minimum atomic E-state index is -3.81. The van der Waals surface area contributed by atoms with Crippen molar-refractivity contribution in [3.05, 3.63) is 30.1 Å². The van der Waals surface area contributed by atoms with Crippen molar-refractivity contribution < 1.29 is 17.6 Å². The zero-order valence-corrected chi connectivity index (χ0v) is 15.1. The van der Waals surface area contributed by atoms with E-state index in [0.717, 1.165) is 23.7 Å². The third kappa shape index (κ3) is 4.05. The van der Waals surface area contributed by atoms with Crippen LogP contribution in [0.1, 0.15) is 13.3 Å². The Kier molecular flexibility index (Phi) is 5.82. The quantitative estimate of drug-likeness (QED) is 0.793. The number of anilines is 1. The van der Waals surface area contributed by atoms with E-state index in [9.17, 15) is 17.6 Å². The summed E-state index contributed by atoms with van der Waals surface area (Å²) < 4.78 is 39.7. The lowest BCUT2D eigenvalue weighted by molar-refractivity contribution is -0.134. The molecule has 2 rings (SSSR count). The molecule has 0 spiro atoms. The monoisotopic (exact) mass is 357 g/mol. The highest BCUT2D eigenvalue weighted by Crippen LogP contribution is 2.26. The van der Waals surface area contributed by atoms with Gasteiger partial charge in [-0.25, -0.2) is 12.8 Å². The van der Waals surface area contributed by atoms with Crippen molar-refractivity contribution in [1.29, 1.82) is 0 Å². The number of carbonyl (C=O) groups excluding carboxylic acids is 1. The van der Waals surface area contributed by atoms with Crippen LogP contribution in [-0.4, -0.2) is 69.6 Å². The standard InChI is InChI=1S/C16H24FN3O3S/c1-4-14(16(21)19-11-9-18(2)10-12-19)20(24(3,22)23)15-8-6-5-7-13(15)17/h5-8,14H,4,9-12H2,1-3H3/t14-/m1/s1. The van der Waals surface area contributed by atoms with Gasteiger partial charge in [-0.05, 0) is 25.6 Å². The summed E-state index contributed by atoms with van der Waals surface area (Å²) in [7, 11) is -1.84. The summed E-state index contributed by atoms with van der Waals surface area (Å²) >= 11 is 0. The van der Waals surface area contributed by atoms with Crippen molar-refractivity contribution in [3.8, 4) is 0 Å². The van der Waals surface area contributed by atoms with Gasteiger partial charge in [0, 0.05) is 26.2 Å². The molecule has 1 atom stereocenters. The molecule has 1 aromatic rings. The normalized spacial score (nSPS) is 17.6. The number of piperazine rings is 1. The highest BCUT2D eigenvalue weighted by molar-refractivity contribution is 7.92. The number of para-hydroxylation sites is 1. The van der Waals surface area contributed by atoms with Gasteiger partial charge in [0.2, 0.25) is 15.9 Å². The van der Waals surface area contributed by atoms with E-state index in [1.165, 1.54) is 18.2 Å². The summed E-state index contributed by atoms with van der Waals surface area (Å²) in [4.78, 5) is 16.7. The molecule has 24 heavy (non-hydrogen) atoms. The van der Waals surface area contributed by atoms with Crippen LogP contribution in [0.15, 0.2) is 24.3 Å². The first-order valence-electron chi connectivity index (χ1n) is 7.97. The second kappa shape index (κ2) is 7.48. The van der Waals surface area contributed by atoms with Crippen molar-refractivity contribution in [2.24, 2.45) is 0 Å². The van der Waals surface area contributed by atoms with Gasteiger partial charge in [-0.2, -0.15) is 0 Å². The van der Waals surface area contributed by atoms with Crippen LogP contribution >= 0.6 is 0 Å². The molecule has 1 saturated heterocycles. The van der Waals surface area contributed by atoms with Crippen LogP contribution in [0.4, 0.5) is 10.1 Å². The molecule has 0 aliphatic carbocycles. The molecule has 0 unspecified atom stereocenters. The van der Waals surface area contributed by atoms with Gasteiger partial charge >= 0.3 is 0 Å². The summed E-state index contributed by atoms with van der Waals surface area (Å²) in [6.45, 7) is 4.29. The first-order chi connectivity index (χ1) is 11.3. The van der Waals surface area contributed by atoms with E-state index in [1.807, 2.05) is 7.05 Å². The molecule has 8 heteroatoms. The van der Waals surface area contributed by atoms with Crippen molar-refractivity contribution in [2.75, 3.05) is 43.8 Å². The van der Waals surface area contributed by atoms with Crippen LogP contribution in [0, 0.1) is 5.82 Å². The lowest BCUT2D eigenvalue weighted by Gasteiger charge is -2.37. The average molecular weight is 357 g/mol. The third-order valence-corrected chi connectivity index (χ3v) is 5.38. The SMILES string of the molecule is CC[C@H](C(=O)N1CCN(C)CC1)N(c1ccccc1F)S(C)(=O)=O. The van der Waals surface area contributed by atoms with Crippen molar-refractivity contribution in [1.82, 2.24) is 9.80 Å². The molecule has 1 fully saturated rings. The zero-order chi connectivity index (χ0) is 17.9. The predicted octanol–water partition coefficient (Wildman–Crippen LogP) is 1.14. The summed E-state index contributed by atoms with van der Waals surface area (Å²) in [6, 6.07) is 4.68. The fourth-order valence-corrected chi connectivity index (χ4v) is 4.09. The molecule has 1 heterocycles. The molecule has 1 amide bonds. The van der Waals surface area contributed by atoms with Crippen LogP contribution in [0.25, 0.3) is 0 Å². The summed E-state index contributed by atoms with van der Waals surface area (Å²) in [5, 5.41) is 0. The van der Waals surface area contributed by atoms with Crippen LogP contribution in [-0.2, 0) is 14.8 Å². The molecule has 0 N–H and O–H groups in total. The van der Waals surface area contributed by atoms with E-state index in [-0.39, 0.29) is 18.0 Å². The topological polar surface area (TPSA) is 60.9 Å². The molecule has 0 aromatic heterocycles. The number of nitrogens with zero attached hydrogens (tertiary/aromatic N) is 3. The fourth-order valence-electron chi connectivity index (χ4n) is 2.89. The molecule has 0 saturated carbocycles. The lowest BCUT2D eigenvalue weighted by Crippen LogP contribution is -2.55. The van der Waals surface area contributed by atoms with Crippen molar-refractivity contribution in [2.45, 2.75) is 19.4 Å². The van der Waals surface area contributed by atoms with Gasteiger partial charge in [-0.1, -0.05) is 19.1 Å². The Morgan fingerprint density at radius 1 is 1.25 bits per heavy atom. The Labute approximate surface area is 142 Å². The molecule has 1 aromatic carbocycles. The van der Waals surface area contributed by atoms with E-state index in [4.69, 9.17) is 0 Å². The number of hydrogen-bond acceptors (Lipinski definition) is 4. The minimum absolute atomic E-state index is 0.0886. The van der Waals surface area contributed by atoms with Crippen LogP contribution in [0.2, 0.25) is 0 Å². The highest BCUT2D eigenvalue weighted by Gasteiger charge is 2.36. The summed E-state index contributed by atoms with van der Waals surface area (Å²) in [6.07, 6.45) is 1.27. The molecule has 0 bridgehead atoms. The second-order valence-corrected chi connectivity index (χ2v) is 7.92. The van der Waals surface area contributed by atoms with Gasteiger partial charge in [0.1, 0.15) is 11.9 Å². The highest BCUT2D eigenvalue weighted by atomic mass is 32.2. The Balaban J connectivity index is 2.36. The van der Waals surface area contributed by atoms with Gasteiger partial charge < -0.3 is 9.80 Å². The van der Waals surface area contributed by atoms with E-state index < -0.39 is 21.9 Å². The average Bonchev–Trinajstić information content (AvgIpc) is 2.52.